The second-order valence-electron chi connectivity index (χ2n) is 5.10. The number of aryl methyl sites for hydroxylation is 2. The first-order valence-corrected chi connectivity index (χ1v) is 7.74. The lowest BCUT2D eigenvalue weighted by Crippen LogP contribution is -2.25. The molecule has 0 amide bonds. The molecule has 1 unspecified atom stereocenters. The van der Waals surface area contributed by atoms with E-state index >= 15 is 0 Å². The summed E-state index contributed by atoms with van der Waals surface area (Å²) in [5.41, 5.74) is 3.63. The lowest BCUT2D eigenvalue weighted by Gasteiger charge is -2.20. The van der Waals surface area contributed by atoms with E-state index in [4.69, 9.17) is 0 Å². The Morgan fingerprint density at radius 3 is 2.85 bits per heavy atom. The van der Waals surface area contributed by atoms with Crippen molar-refractivity contribution in [3.05, 3.63) is 45.7 Å². The van der Waals surface area contributed by atoms with Crippen molar-refractivity contribution in [2.24, 2.45) is 7.05 Å². The second kappa shape index (κ2) is 6.99. The molecule has 2 rings (SSSR count). The summed E-state index contributed by atoms with van der Waals surface area (Å²) in [5, 5.41) is 11.8. The molecule has 0 spiro atoms. The third kappa shape index (κ3) is 3.90. The molecular weight excluding hydrogens is 316 g/mol. The van der Waals surface area contributed by atoms with Gasteiger partial charge in [-0.15, -0.1) is 5.10 Å². The first kappa shape index (κ1) is 15.2. The van der Waals surface area contributed by atoms with Crippen molar-refractivity contribution in [2.45, 2.75) is 32.7 Å². The summed E-state index contributed by atoms with van der Waals surface area (Å²) in [5.74, 6) is 0. The highest BCUT2D eigenvalue weighted by molar-refractivity contribution is 9.10. The van der Waals surface area contributed by atoms with Crippen LogP contribution in [0.25, 0.3) is 0 Å². The zero-order valence-corrected chi connectivity index (χ0v) is 13.8. The van der Waals surface area contributed by atoms with E-state index in [-0.39, 0.29) is 6.04 Å². The fraction of sp³-hybridized carbons (Fsp3) is 0.467. The topological polar surface area (TPSA) is 42.7 Å². The van der Waals surface area contributed by atoms with Crippen molar-refractivity contribution < 1.29 is 0 Å². The molecule has 0 saturated heterocycles. The second-order valence-corrected chi connectivity index (χ2v) is 6.01. The van der Waals surface area contributed by atoms with Crippen molar-refractivity contribution in [2.75, 3.05) is 6.54 Å². The number of nitrogens with zero attached hydrogens (tertiary/aromatic N) is 3. The van der Waals surface area contributed by atoms with Gasteiger partial charge in [0.1, 0.15) is 0 Å². The number of hydrogen-bond acceptors (Lipinski definition) is 3. The van der Waals surface area contributed by atoms with Gasteiger partial charge in [0.05, 0.1) is 5.69 Å². The highest BCUT2D eigenvalue weighted by Gasteiger charge is 2.16. The van der Waals surface area contributed by atoms with Crippen LogP contribution in [0.15, 0.2) is 28.9 Å². The predicted molar refractivity (Wildman–Crippen MR) is 84.6 cm³/mol. The van der Waals surface area contributed by atoms with Gasteiger partial charge in [-0.1, -0.05) is 34.1 Å². The van der Waals surface area contributed by atoms with E-state index < -0.39 is 0 Å². The maximum atomic E-state index is 4.20. The van der Waals surface area contributed by atoms with Gasteiger partial charge in [-0.05, 0) is 43.1 Å². The Balaban J connectivity index is 2.24. The van der Waals surface area contributed by atoms with Crippen LogP contribution in [0.4, 0.5) is 0 Å². The SMILES string of the molecule is CCCNC(Cc1cn(C)nn1)c1cc(Br)ccc1C. The van der Waals surface area contributed by atoms with Crippen LogP contribution in [0.1, 0.15) is 36.2 Å². The van der Waals surface area contributed by atoms with Crippen LogP contribution in [0.3, 0.4) is 0 Å². The number of aromatic nitrogens is 3. The molecule has 0 radical (unpaired) electrons. The van der Waals surface area contributed by atoms with Gasteiger partial charge >= 0.3 is 0 Å². The Morgan fingerprint density at radius 1 is 1.40 bits per heavy atom. The molecule has 2 aromatic rings. The minimum atomic E-state index is 0.268. The fourth-order valence-corrected chi connectivity index (χ4v) is 2.67. The van der Waals surface area contributed by atoms with Gasteiger partial charge in [0.15, 0.2) is 0 Å². The van der Waals surface area contributed by atoms with Crippen molar-refractivity contribution in [1.82, 2.24) is 20.3 Å². The van der Waals surface area contributed by atoms with Crippen molar-refractivity contribution in [3.63, 3.8) is 0 Å². The fourth-order valence-electron chi connectivity index (χ4n) is 2.30. The average molecular weight is 337 g/mol. The monoisotopic (exact) mass is 336 g/mol. The van der Waals surface area contributed by atoms with E-state index in [1.54, 1.807) is 4.68 Å². The molecule has 0 saturated carbocycles. The summed E-state index contributed by atoms with van der Waals surface area (Å²) in [6.45, 7) is 5.33. The lowest BCUT2D eigenvalue weighted by atomic mass is 9.97. The Labute approximate surface area is 128 Å². The number of halogens is 1. The molecule has 20 heavy (non-hydrogen) atoms. The molecule has 0 aliphatic rings. The predicted octanol–water partition coefficient (Wildman–Crippen LogP) is 3.17. The summed E-state index contributed by atoms with van der Waals surface area (Å²) in [6.07, 6.45) is 3.95. The largest absolute Gasteiger partial charge is 0.310 e. The van der Waals surface area contributed by atoms with Gasteiger partial charge in [-0.3, -0.25) is 4.68 Å². The van der Waals surface area contributed by atoms with Crippen LogP contribution in [-0.2, 0) is 13.5 Å². The van der Waals surface area contributed by atoms with E-state index in [1.807, 2.05) is 13.2 Å². The number of hydrogen-bond donors (Lipinski definition) is 1. The molecule has 0 bridgehead atoms. The van der Waals surface area contributed by atoms with Crippen LogP contribution in [0.2, 0.25) is 0 Å². The van der Waals surface area contributed by atoms with Crippen molar-refractivity contribution in [1.29, 1.82) is 0 Å². The van der Waals surface area contributed by atoms with Crippen LogP contribution in [-0.4, -0.2) is 21.5 Å². The van der Waals surface area contributed by atoms with Crippen LogP contribution < -0.4 is 5.32 Å². The van der Waals surface area contributed by atoms with Crippen LogP contribution >= 0.6 is 15.9 Å². The summed E-state index contributed by atoms with van der Waals surface area (Å²) in [7, 11) is 1.90. The Hall–Kier alpha value is -1.20. The molecule has 5 heteroatoms. The summed E-state index contributed by atoms with van der Waals surface area (Å²) in [4.78, 5) is 0. The van der Waals surface area contributed by atoms with Crippen LogP contribution in [0.5, 0.6) is 0 Å². The standard InChI is InChI=1S/C15H21BrN4/c1-4-7-17-15(9-13-10-20(3)19-18-13)14-8-12(16)6-5-11(14)2/h5-6,8,10,15,17H,4,7,9H2,1-3H3. The maximum absolute atomic E-state index is 4.20. The summed E-state index contributed by atoms with van der Waals surface area (Å²) < 4.78 is 2.86. The zero-order valence-electron chi connectivity index (χ0n) is 12.2. The molecule has 1 aromatic carbocycles. The molecule has 1 atom stereocenters. The smallest absolute Gasteiger partial charge is 0.0845 e. The minimum Gasteiger partial charge on any atom is -0.310 e. The third-order valence-corrected chi connectivity index (χ3v) is 3.81. The van der Waals surface area contributed by atoms with E-state index in [0.717, 1.165) is 29.6 Å². The first-order valence-electron chi connectivity index (χ1n) is 6.94. The van der Waals surface area contributed by atoms with Gasteiger partial charge in [0, 0.05) is 30.2 Å². The highest BCUT2D eigenvalue weighted by Crippen LogP contribution is 2.24. The highest BCUT2D eigenvalue weighted by atomic mass is 79.9. The molecule has 0 fully saturated rings. The lowest BCUT2D eigenvalue weighted by molar-refractivity contribution is 0.522. The van der Waals surface area contributed by atoms with E-state index in [1.165, 1.54) is 11.1 Å². The third-order valence-electron chi connectivity index (χ3n) is 3.32. The van der Waals surface area contributed by atoms with Crippen molar-refractivity contribution in [3.8, 4) is 0 Å². The van der Waals surface area contributed by atoms with Gasteiger partial charge in [0.2, 0.25) is 0 Å². The van der Waals surface area contributed by atoms with E-state index in [9.17, 15) is 0 Å². The molecule has 108 valence electrons. The van der Waals surface area contributed by atoms with Gasteiger partial charge in [-0.25, -0.2) is 0 Å². The van der Waals surface area contributed by atoms with E-state index in [0.29, 0.717) is 0 Å². The van der Waals surface area contributed by atoms with Gasteiger partial charge < -0.3 is 5.32 Å². The average Bonchev–Trinajstić information content (AvgIpc) is 2.83. The summed E-state index contributed by atoms with van der Waals surface area (Å²) >= 11 is 3.56. The van der Waals surface area contributed by atoms with Crippen LogP contribution in [0, 0.1) is 6.92 Å². The quantitative estimate of drug-likeness (QED) is 0.880. The normalized spacial score (nSPS) is 12.6. The number of nitrogens with one attached hydrogen (secondary N) is 1. The molecule has 0 aliphatic heterocycles. The van der Waals surface area contributed by atoms with Gasteiger partial charge in [0.25, 0.3) is 0 Å². The Bertz CT molecular complexity index is 565. The number of rotatable bonds is 6. The first-order chi connectivity index (χ1) is 9.60. The molecule has 1 aromatic heterocycles. The Kier molecular flexibility index (Phi) is 5.31. The molecule has 4 nitrogen and oxygen atoms in total. The molecule has 1 N–H and O–H groups in total. The molecular formula is C15H21BrN4. The maximum Gasteiger partial charge on any atom is 0.0845 e. The zero-order chi connectivity index (χ0) is 14.5. The number of benzene rings is 1. The Morgan fingerprint density at radius 2 is 2.20 bits per heavy atom. The van der Waals surface area contributed by atoms with Crippen molar-refractivity contribution >= 4 is 15.9 Å². The van der Waals surface area contributed by atoms with E-state index in [2.05, 4.69) is 63.6 Å². The molecule has 0 aliphatic carbocycles. The van der Waals surface area contributed by atoms with Gasteiger partial charge in [-0.2, -0.15) is 0 Å². The molecule has 1 heterocycles. The minimum absolute atomic E-state index is 0.268. The summed E-state index contributed by atoms with van der Waals surface area (Å²) in [6, 6.07) is 6.69.